The molecule has 0 spiro atoms. The number of carbonyl (C=O) groups excluding carboxylic acids is 1. The third kappa shape index (κ3) is 3.03. The minimum atomic E-state index is -0.0853. The zero-order chi connectivity index (χ0) is 12.1. The van der Waals surface area contributed by atoms with Gasteiger partial charge in [-0.1, -0.05) is 28.8 Å². The summed E-state index contributed by atoms with van der Waals surface area (Å²) < 4.78 is 0. The average molecular weight is 298 g/mol. The highest BCUT2D eigenvalue weighted by molar-refractivity contribution is 9.09. The summed E-state index contributed by atoms with van der Waals surface area (Å²) in [6, 6.07) is 0. The van der Waals surface area contributed by atoms with Crippen molar-refractivity contribution in [3.05, 3.63) is 24.3 Å². The van der Waals surface area contributed by atoms with Gasteiger partial charge in [-0.3, -0.25) is 4.79 Å². The van der Waals surface area contributed by atoms with Crippen LogP contribution in [0.3, 0.4) is 0 Å². The second kappa shape index (κ2) is 5.58. The first-order valence-corrected chi connectivity index (χ1v) is 6.97. The van der Waals surface area contributed by atoms with E-state index in [2.05, 4.69) is 31.2 Å². The second-order valence-corrected chi connectivity index (χ2v) is 5.21. The minimum Gasteiger partial charge on any atom is -0.351 e. The number of carbonyl (C=O) groups is 1. The molecule has 2 rings (SSSR count). The number of nitrogens with one attached hydrogen (secondary N) is 1. The molecule has 1 aliphatic carbocycles. The van der Waals surface area contributed by atoms with Gasteiger partial charge in [0.15, 0.2) is 0 Å². The SMILES string of the molecule is O=C(NCC1(CBr)CCCC1)c1cncnc1. The fraction of sp³-hybridized carbons (Fsp3) is 0.583. The van der Waals surface area contributed by atoms with Crippen LogP contribution in [0.2, 0.25) is 0 Å². The molecule has 1 aromatic rings. The third-order valence-electron chi connectivity index (χ3n) is 3.39. The molecule has 0 saturated heterocycles. The van der Waals surface area contributed by atoms with E-state index in [-0.39, 0.29) is 11.3 Å². The maximum absolute atomic E-state index is 11.9. The molecule has 0 unspecified atom stereocenters. The van der Waals surface area contributed by atoms with Crippen LogP contribution >= 0.6 is 15.9 Å². The molecule has 1 heterocycles. The number of rotatable bonds is 4. The number of aromatic nitrogens is 2. The maximum atomic E-state index is 11.9. The zero-order valence-corrected chi connectivity index (χ0v) is 11.2. The van der Waals surface area contributed by atoms with Gasteiger partial charge < -0.3 is 5.32 Å². The van der Waals surface area contributed by atoms with Gasteiger partial charge in [-0.15, -0.1) is 0 Å². The fourth-order valence-corrected chi connectivity index (χ4v) is 3.03. The summed E-state index contributed by atoms with van der Waals surface area (Å²) in [5.74, 6) is -0.0853. The summed E-state index contributed by atoms with van der Waals surface area (Å²) in [6.07, 6.45) is 9.39. The monoisotopic (exact) mass is 297 g/mol. The minimum absolute atomic E-state index is 0.0853. The van der Waals surface area contributed by atoms with Gasteiger partial charge in [0, 0.05) is 24.3 Å². The van der Waals surface area contributed by atoms with Crippen molar-refractivity contribution in [3.8, 4) is 0 Å². The molecule has 0 bridgehead atoms. The van der Waals surface area contributed by atoms with Gasteiger partial charge in [0.2, 0.25) is 0 Å². The molecule has 92 valence electrons. The summed E-state index contributed by atoms with van der Waals surface area (Å²) in [4.78, 5) is 19.5. The van der Waals surface area contributed by atoms with Crippen molar-refractivity contribution in [2.75, 3.05) is 11.9 Å². The van der Waals surface area contributed by atoms with Crippen molar-refractivity contribution in [1.82, 2.24) is 15.3 Å². The lowest BCUT2D eigenvalue weighted by Crippen LogP contribution is -2.37. The Hall–Kier alpha value is -0.970. The predicted octanol–water partition coefficient (Wildman–Crippen LogP) is 2.16. The lowest BCUT2D eigenvalue weighted by Gasteiger charge is -2.26. The number of amides is 1. The molecule has 1 amide bonds. The highest BCUT2D eigenvalue weighted by Gasteiger charge is 2.33. The van der Waals surface area contributed by atoms with Gasteiger partial charge in [-0.2, -0.15) is 0 Å². The zero-order valence-electron chi connectivity index (χ0n) is 9.66. The molecule has 1 aromatic heterocycles. The van der Waals surface area contributed by atoms with E-state index in [0.717, 1.165) is 11.9 Å². The average Bonchev–Trinajstić information content (AvgIpc) is 2.86. The van der Waals surface area contributed by atoms with Gasteiger partial charge in [-0.25, -0.2) is 9.97 Å². The molecule has 5 heteroatoms. The van der Waals surface area contributed by atoms with Crippen molar-refractivity contribution in [3.63, 3.8) is 0 Å². The van der Waals surface area contributed by atoms with Crippen molar-refractivity contribution in [1.29, 1.82) is 0 Å². The Morgan fingerprint density at radius 2 is 2.00 bits per heavy atom. The Bertz CT molecular complexity index is 377. The van der Waals surface area contributed by atoms with Crippen LogP contribution in [0.25, 0.3) is 0 Å². The van der Waals surface area contributed by atoms with Crippen LogP contribution in [-0.4, -0.2) is 27.7 Å². The van der Waals surface area contributed by atoms with Gasteiger partial charge >= 0.3 is 0 Å². The molecular weight excluding hydrogens is 282 g/mol. The molecule has 1 N–H and O–H groups in total. The van der Waals surface area contributed by atoms with Gasteiger partial charge in [0.05, 0.1) is 5.56 Å². The van der Waals surface area contributed by atoms with Crippen LogP contribution in [0.5, 0.6) is 0 Å². The molecule has 0 radical (unpaired) electrons. The molecule has 1 aliphatic rings. The first-order chi connectivity index (χ1) is 8.26. The van der Waals surface area contributed by atoms with Crippen LogP contribution in [-0.2, 0) is 0 Å². The number of halogens is 1. The van der Waals surface area contributed by atoms with E-state index in [1.54, 1.807) is 0 Å². The van der Waals surface area contributed by atoms with Crippen LogP contribution in [0, 0.1) is 5.41 Å². The predicted molar refractivity (Wildman–Crippen MR) is 69.1 cm³/mol. The highest BCUT2D eigenvalue weighted by atomic mass is 79.9. The smallest absolute Gasteiger partial charge is 0.254 e. The van der Waals surface area contributed by atoms with Crippen molar-refractivity contribution < 1.29 is 4.79 Å². The highest BCUT2D eigenvalue weighted by Crippen LogP contribution is 2.38. The van der Waals surface area contributed by atoms with Gasteiger partial charge in [0.25, 0.3) is 5.91 Å². The quantitative estimate of drug-likeness (QED) is 0.867. The van der Waals surface area contributed by atoms with Crippen LogP contribution < -0.4 is 5.32 Å². The number of hydrogen-bond donors (Lipinski definition) is 1. The number of nitrogens with zero attached hydrogens (tertiary/aromatic N) is 2. The molecule has 4 nitrogen and oxygen atoms in total. The van der Waals surface area contributed by atoms with Gasteiger partial charge in [0.1, 0.15) is 6.33 Å². The molecule has 0 atom stereocenters. The Labute approximate surface area is 109 Å². The Morgan fingerprint density at radius 1 is 1.35 bits per heavy atom. The summed E-state index contributed by atoms with van der Waals surface area (Å²) in [5, 5.41) is 3.93. The second-order valence-electron chi connectivity index (χ2n) is 4.65. The molecule has 0 aliphatic heterocycles. The maximum Gasteiger partial charge on any atom is 0.254 e. The van der Waals surface area contributed by atoms with Gasteiger partial charge in [-0.05, 0) is 18.3 Å². The van der Waals surface area contributed by atoms with E-state index in [0.29, 0.717) is 5.56 Å². The third-order valence-corrected chi connectivity index (χ3v) is 4.58. The Balaban J connectivity index is 1.92. The summed E-state index contributed by atoms with van der Waals surface area (Å²) in [6.45, 7) is 0.728. The van der Waals surface area contributed by atoms with E-state index in [1.807, 2.05) is 0 Å². The lowest BCUT2D eigenvalue weighted by molar-refractivity contribution is 0.0935. The largest absolute Gasteiger partial charge is 0.351 e. The van der Waals surface area contributed by atoms with E-state index >= 15 is 0 Å². The molecular formula is C12H16BrN3O. The topological polar surface area (TPSA) is 54.9 Å². The standard InChI is InChI=1S/C12H16BrN3O/c13-7-12(3-1-2-4-12)8-16-11(17)10-5-14-9-15-6-10/h5-6,9H,1-4,7-8H2,(H,16,17). The van der Waals surface area contributed by atoms with Crippen LogP contribution in [0.15, 0.2) is 18.7 Å². The Morgan fingerprint density at radius 3 is 2.59 bits per heavy atom. The van der Waals surface area contributed by atoms with Crippen LogP contribution in [0.1, 0.15) is 36.0 Å². The fourth-order valence-electron chi connectivity index (χ4n) is 2.27. The van der Waals surface area contributed by atoms with Crippen molar-refractivity contribution in [2.45, 2.75) is 25.7 Å². The molecule has 1 fully saturated rings. The molecule has 0 aromatic carbocycles. The normalized spacial score (nSPS) is 17.9. The summed E-state index contributed by atoms with van der Waals surface area (Å²) in [7, 11) is 0. The summed E-state index contributed by atoms with van der Waals surface area (Å²) >= 11 is 3.56. The molecule has 1 saturated carbocycles. The molecule has 17 heavy (non-hydrogen) atoms. The van der Waals surface area contributed by atoms with Crippen molar-refractivity contribution >= 4 is 21.8 Å². The lowest BCUT2D eigenvalue weighted by atomic mass is 9.89. The summed E-state index contributed by atoms with van der Waals surface area (Å²) in [5.41, 5.74) is 0.765. The Kier molecular flexibility index (Phi) is 4.10. The van der Waals surface area contributed by atoms with E-state index < -0.39 is 0 Å². The first-order valence-electron chi connectivity index (χ1n) is 5.85. The first kappa shape index (κ1) is 12.5. The van der Waals surface area contributed by atoms with E-state index in [4.69, 9.17) is 0 Å². The number of alkyl halides is 1. The van der Waals surface area contributed by atoms with E-state index in [1.165, 1.54) is 44.4 Å². The van der Waals surface area contributed by atoms with Crippen LogP contribution in [0.4, 0.5) is 0 Å². The van der Waals surface area contributed by atoms with Crippen molar-refractivity contribution in [2.24, 2.45) is 5.41 Å². The number of hydrogen-bond acceptors (Lipinski definition) is 3. The van der Waals surface area contributed by atoms with E-state index in [9.17, 15) is 4.79 Å².